The predicted molar refractivity (Wildman–Crippen MR) is 139 cm³/mol. The number of amides is 1. The van der Waals surface area contributed by atoms with Gasteiger partial charge in [-0.15, -0.1) is 0 Å². The largest absolute Gasteiger partial charge is 0.378 e. The summed E-state index contributed by atoms with van der Waals surface area (Å²) in [5.41, 5.74) is 2.24. The normalized spacial score (nSPS) is 17.5. The number of aryl methyl sites for hydroxylation is 1. The van der Waals surface area contributed by atoms with Gasteiger partial charge in [-0.3, -0.25) is 19.1 Å². The number of anilines is 1. The Labute approximate surface area is 208 Å². The molecule has 0 radical (unpaired) electrons. The van der Waals surface area contributed by atoms with Crippen LogP contribution in [0, 0.1) is 18.3 Å². The smallest absolute Gasteiger partial charge is 0.270 e. The van der Waals surface area contributed by atoms with Crippen LogP contribution in [0.2, 0.25) is 0 Å². The molecule has 1 amide bonds. The Bertz CT molecular complexity index is 1240. The summed E-state index contributed by atoms with van der Waals surface area (Å²) in [5, 5.41) is 9.62. The first kappa shape index (κ1) is 24.2. The third-order valence-electron chi connectivity index (χ3n) is 6.12. The molecule has 2 saturated heterocycles. The van der Waals surface area contributed by atoms with Gasteiger partial charge >= 0.3 is 0 Å². The number of morpholine rings is 1. The maximum absolute atomic E-state index is 13.3. The quantitative estimate of drug-likeness (QED) is 0.451. The van der Waals surface area contributed by atoms with Crippen LogP contribution in [0.25, 0.3) is 6.08 Å². The van der Waals surface area contributed by atoms with E-state index in [1.54, 1.807) is 24.9 Å². The van der Waals surface area contributed by atoms with Crippen molar-refractivity contribution >= 4 is 46.1 Å². The van der Waals surface area contributed by atoms with Crippen LogP contribution in [-0.4, -0.2) is 52.5 Å². The zero-order valence-corrected chi connectivity index (χ0v) is 20.9. The Morgan fingerprint density at radius 3 is 2.59 bits per heavy atom. The minimum absolute atomic E-state index is 0.0871. The highest BCUT2D eigenvalue weighted by Gasteiger charge is 2.33. The Hall–Kier alpha value is -2.93. The number of aromatic nitrogens is 1. The number of thioether (sulfide) groups is 1. The Morgan fingerprint density at radius 1 is 1.21 bits per heavy atom. The van der Waals surface area contributed by atoms with Crippen molar-refractivity contribution in [1.82, 2.24) is 9.47 Å². The molecular weight excluding hydrogens is 468 g/mol. The molecule has 9 heteroatoms. The molecule has 34 heavy (non-hydrogen) atoms. The van der Waals surface area contributed by atoms with Gasteiger partial charge in [-0.2, -0.15) is 5.26 Å². The van der Waals surface area contributed by atoms with E-state index in [0.717, 1.165) is 12.8 Å². The van der Waals surface area contributed by atoms with Gasteiger partial charge in [0.05, 0.1) is 18.1 Å². The van der Waals surface area contributed by atoms with E-state index in [1.807, 2.05) is 24.3 Å². The van der Waals surface area contributed by atoms with E-state index in [0.29, 0.717) is 59.0 Å². The molecule has 176 valence electrons. The van der Waals surface area contributed by atoms with Crippen molar-refractivity contribution in [3.63, 3.8) is 0 Å². The third-order valence-corrected chi connectivity index (χ3v) is 7.50. The van der Waals surface area contributed by atoms with Gasteiger partial charge < -0.3 is 9.64 Å². The summed E-state index contributed by atoms with van der Waals surface area (Å²) in [6.07, 6.45) is 3.46. The fourth-order valence-corrected chi connectivity index (χ4v) is 5.57. The summed E-state index contributed by atoms with van der Waals surface area (Å²) in [6, 6.07) is 12.2. The molecule has 1 aromatic carbocycles. The van der Waals surface area contributed by atoms with Gasteiger partial charge in [-0.25, -0.2) is 0 Å². The lowest BCUT2D eigenvalue weighted by molar-refractivity contribution is -0.122. The average molecular weight is 495 g/mol. The van der Waals surface area contributed by atoms with E-state index in [9.17, 15) is 14.9 Å². The lowest BCUT2D eigenvalue weighted by Gasteiger charge is -2.32. The van der Waals surface area contributed by atoms with Crippen molar-refractivity contribution in [2.24, 2.45) is 7.05 Å². The first-order chi connectivity index (χ1) is 16.4. The number of carbonyl (C=O) groups excluding carboxylic acids is 1. The molecule has 4 rings (SSSR count). The monoisotopic (exact) mass is 494 g/mol. The highest BCUT2D eigenvalue weighted by molar-refractivity contribution is 8.26. The Balaban J connectivity index is 1.64. The number of nitrogens with zero attached hydrogens (tertiary/aromatic N) is 4. The van der Waals surface area contributed by atoms with Gasteiger partial charge in [0.2, 0.25) is 0 Å². The predicted octanol–water partition coefficient (Wildman–Crippen LogP) is 3.24. The molecule has 2 aliphatic rings. The maximum atomic E-state index is 13.3. The number of ether oxygens (including phenoxy) is 1. The molecule has 0 N–H and O–H groups in total. The maximum Gasteiger partial charge on any atom is 0.270 e. The van der Waals surface area contributed by atoms with Gasteiger partial charge in [0.1, 0.15) is 21.8 Å². The van der Waals surface area contributed by atoms with Crippen molar-refractivity contribution in [3.8, 4) is 6.07 Å². The number of benzene rings is 1. The summed E-state index contributed by atoms with van der Waals surface area (Å²) >= 11 is 6.79. The molecule has 0 atom stereocenters. The molecule has 0 unspecified atom stereocenters. The van der Waals surface area contributed by atoms with Crippen LogP contribution in [-0.2, 0) is 23.0 Å². The van der Waals surface area contributed by atoms with Gasteiger partial charge in [0, 0.05) is 32.2 Å². The third kappa shape index (κ3) is 4.80. The molecule has 0 saturated carbocycles. The summed E-state index contributed by atoms with van der Waals surface area (Å²) in [5.74, 6) is 0.557. The van der Waals surface area contributed by atoms with Crippen molar-refractivity contribution in [2.75, 3.05) is 37.7 Å². The molecule has 7 nitrogen and oxygen atoms in total. The van der Waals surface area contributed by atoms with Crippen molar-refractivity contribution in [1.29, 1.82) is 5.26 Å². The highest BCUT2D eigenvalue weighted by atomic mass is 32.2. The fourth-order valence-electron chi connectivity index (χ4n) is 4.28. The number of nitriles is 1. The average Bonchev–Trinajstić information content (AvgIpc) is 3.11. The van der Waals surface area contributed by atoms with Crippen LogP contribution >= 0.6 is 24.0 Å². The summed E-state index contributed by atoms with van der Waals surface area (Å²) in [7, 11) is 1.67. The zero-order valence-electron chi connectivity index (χ0n) is 19.2. The van der Waals surface area contributed by atoms with Gasteiger partial charge in [-0.05, 0) is 37.0 Å². The number of hydrogen-bond donors (Lipinski definition) is 0. The molecule has 0 aliphatic carbocycles. The Kier molecular flexibility index (Phi) is 7.51. The van der Waals surface area contributed by atoms with Crippen LogP contribution in [0.3, 0.4) is 0 Å². The topological polar surface area (TPSA) is 78.6 Å². The van der Waals surface area contributed by atoms with Gasteiger partial charge in [0.25, 0.3) is 11.5 Å². The first-order valence-corrected chi connectivity index (χ1v) is 12.4. The second-order valence-corrected chi connectivity index (χ2v) is 9.91. The van der Waals surface area contributed by atoms with E-state index in [1.165, 1.54) is 21.9 Å². The van der Waals surface area contributed by atoms with Gasteiger partial charge in [-0.1, -0.05) is 54.3 Å². The standard InChI is InChI=1S/C25H26N4O3S2/c1-17-19(22(28-11-13-32-14-12-28)27(2)23(30)20(17)16-26)15-21-24(31)29(25(33)34-21)10-6-9-18-7-4-3-5-8-18/h3-5,7-8,15H,6,9-14H2,1-2H3. The summed E-state index contributed by atoms with van der Waals surface area (Å²) < 4.78 is 7.51. The van der Waals surface area contributed by atoms with E-state index >= 15 is 0 Å². The van der Waals surface area contributed by atoms with Crippen molar-refractivity contribution in [2.45, 2.75) is 19.8 Å². The van der Waals surface area contributed by atoms with Crippen LogP contribution < -0.4 is 10.5 Å². The molecule has 0 bridgehead atoms. The van der Waals surface area contributed by atoms with Crippen LogP contribution in [0.4, 0.5) is 5.82 Å². The molecule has 2 aliphatic heterocycles. The highest BCUT2D eigenvalue weighted by Crippen LogP contribution is 2.36. The van der Waals surface area contributed by atoms with Crippen LogP contribution in [0.1, 0.15) is 28.7 Å². The van der Waals surface area contributed by atoms with Crippen molar-refractivity contribution < 1.29 is 9.53 Å². The minimum Gasteiger partial charge on any atom is -0.378 e. The van der Waals surface area contributed by atoms with Crippen LogP contribution in [0.5, 0.6) is 0 Å². The number of pyridine rings is 1. The number of hydrogen-bond acceptors (Lipinski definition) is 7. The lowest BCUT2D eigenvalue weighted by Crippen LogP contribution is -2.40. The lowest BCUT2D eigenvalue weighted by atomic mass is 10.0. The van der Waals surface area contributed by atoms with Crippen LogP contribution in [0.15, 0.2) is 40.0 Å². The Morgan fingerprint density at radius 2 is 1.91 bits per heavy atom. The van der Waals surface area contributed by atoms with E-state index in [2.05, 4.69) is 17.0 Å². The molecular formula is C25H26N4O3S2. The summed E-state index contributed by atoms with van der Waals surface area (Å²) in [6.45, 7) is 4.66. The number of thiocarbonyl (C=S) groups is 1. The fraction of sp³-hybridized carbons (Fsp3) is 0.360. The zero-order chi connectivity index (χ0) is 24.2. The summed E-state index contributed by atoms with van der Waals surface area (Å²) in [4.78, 5) is 30.3. The number of carbonyl (C=O) groups is 1. The second-order valence-electron chi connectivity index (χ2n) is 8.24. The van der Waals surface area contributed by atoms with E-state index in [-0.39, 0.29) is 17.0 Å². The van der Waals surface area contributed by atoms with E-state index < -0.39 is 0 Å². The first-order valence-electron chi connectivity index (χ1n) is 11.2. The van der Waals surface area contributed by atoms with Crippen molar-refractivity contribution in [3.05, 3.63) is 67.8 Å². The number of rotatable bonds is 6. The molecule has 2 fully saturated rings. The molecule has 2 aromatic rings. The van der Waals surface area contributed by atoms with Gasteiger partial charge in [0.15, 0.2) is 0 Å². The molecule has 0 spiro atoms. The SMILES string of the molecule is Cc1c(C=C2SC(=S)N(CCCc3ccccc3)C2=O)c(N2CCOCC2)n(C)c(=O)c1C#N. The molecule has 3 heterocycles. The minimum atomic E-state index is -0.341. The molecule has 1 aromatic heterocycles. The second kappa shape index (κ2) is 10.6. The van der Waals surface area contributed by atoms with E-state index in [4.69, 9.17) is 17.0 Å².